The number of aromatic nitrogens is 1. The number of sulfonamides is 1. The summed E-state index contributed by atoms with van der Waals surface area (Å²) in [7, 11) is -3.72. The average Bonchev–Trinajstić information content (AvgIpc) is 2.35. The van der Waals surface area contributed by atoms with Crippen LogP contribution in [0.1, 0.15) is 13.8 Å². The molecular formula is C10H18N4O3S. The van der Waals surface area contributed by atoms with Crippen LogP contribution in [0.15, 0.2) is 23.4 Å². The first-order chi connectivity index (χ1) is 8.51. The van der Waals surface area contributed by atoms with Crippen molar-refractivity contribution in [3.8, 4) is 0 Å². The van der Waals surface area contributed by atoms with Crippen molar-refractivity contribution in [3.05, 3.63) is 18.3 Å². The van der Waals surface area contributed by atoms with Gasteiger partial charge in [-0.3, -0.25) is 5.84 Å². The van der Waals surface area contributed by atoms with Crippen LogP contribution in [0, 0.1) is 0 Å². The first-order valence-corrected chi connectivity index (χ1v) is 7.01. The second-order valence-corrected chi connectivity index (χ2v) is 5.31. The van der Waals surface area contributed by atoms with Crippen LogP contribution in [0.2, 0.25) is 0 Å². The van der Waals surface area contributed by atoms with Crippen LogP contribution < -0.4 is 16.0 Å². The molecular weight excluding hydrogens is 256 g/mol. The maximum absolute atomic E-state index is 12.1. The molecule has 0 radical (unpaired) electrons. The molecule has 0 bridgehead atoms. The van der Waals surface area contributed by atoms with Gasteiger partial charge in [0.15, 0.2) is 5.03 Å². The quantitative estimate of drug-likeness (QED) is 0.480. The maximum Gasteiger partial charge on any atom is 0.260 e. The molecule has 1 unspecified atom stereocenters. The van der Waals surface area contributed by atoms with Crippen LogP contribution in [0.5, 0.6) is 0 Å². The first kappa shape index (κ1) is 14.8. The Labute approximate surface area is 107 Å². The van der Waals surface area contributed by atoms with E-state index in [1.807, 2.05) is 6.92 Å². The molecule has 4 N–H and O–H groups in total. The maximum atomic E-state index is 12.1. The van der Waals surface area contributed by atoms with Gasteiger partial charge in [0.1, 0.15) is 0 Å². The smallest absolute Gasteiger partial charge is 0.260 e. The summed E-state index contributed by atoms with van der Waals surface area (Å²) >= 11 is 0. The summed E-state index contributed by atoms with van der Waals surface area (Å²) in [5, 5.41) is -0.129. The number of nitrogens with one attached hydrogen (secondary N) is 2. The lowest BCUT2D eigenvalue weighted by molar-refractivity contribution is 0.133. The molecule has 1 rings (SSSR count). The molecule has 1 aromatic heterocycles. The molecule has 1 heterocycles. The average molecular weight is 274 g/mol. The molecule has 0 spiro atoms. The van der Waals surface area contributed by atoms with Crippen molar-refractivity contribution in [3.63, 3.8) is 0 Å². The Morgan fingerprint density at radius 2 is 2.28 bits per heavy atom. The van der Waals surface area contributed by atoms with Gasteiger partial charge in [0.05, 0.1) is 12.3 Å². The molecule has 0 fully saturated rings. The molecule has 8 heteroatoms. The molecule has 102 valence electrons. The molecule has 0 aliphatic rings. The van der Waals surface area contributed by atoms with Crippen molar-refractivity contribution in [2.24, 2.45) is 5.84 Å². The summed E-state index contributed by atoms with van der Waals surface area (Å²) in [5.41, 5.74) is 2.55. The molecule has 0 aromatic carbocycles. The summed E-state index contributed by atoms with van der Waals surface area (Å²) < 4.78 is 31.7. The lowest BCUT2D eigenvalue weighted by Crippen LogP contribution is -2.36. The highest BCUT2D eigenvalue weighted by atomic mass is 32.2. The number of hydrogen-bond acceptors (Lipinski definition) is 6. The van der Waals surface area contributed by atoms with Crippen LogP contribution >= 0.6 is 0 Å². The van der Waals surface area contributed by atoms with Gasteiger partial charge < -0.3 is 10.2 Å². The monoisotopic (exact) mass is 274 g/mol. The SMILES string of the molecule is CCOCC(C)NS(=O)(=O)c1ncccc1NN. The third kappa shape index (κ3) is 3.91. The fourth-order valence-electron chi connectivity index (χ4n) is 1.36. The number of anilines is 1. The van der Waals surface area contributed by atoms with E-state index >= 15 is 0 Å². The van der Waals surface area contributed by atoms with E-state index in [-0.39, 0.29) is 16.8 Å². The summed E-state index contributed by atoms with van der Waals surface area (Å²) in [5.74, 6) is 5.25. The Hall–Kier alpha value is -1.22. The third-order valence-corrected chi connectivity index (χ3v) is 3.66. The summed E-state index contributed by atoms with van der Waals surface area (Å²) in [6, 6.07) is 2.79. The van der Waals surface area contributed by atoms with E-state index in [9.17, 15) is 8.42 Å². The van der Waals surface area contributed by atoms with Crippen molar-refractivity contribution >= 4 is 15.7 Å². The minimum absolute atomic E-state index is 0.129. The predicted molar refractivity (Wildman–Crippen MR) is 68.3 cm³/mol. The van der Waals surface area contributed by atoms with Gasteiger partial charge >= 0.3 is 0 Å². The van der Waals surface area contributed by atoms with Crippen molar-refractivity contribution < 1.29 is 13.2 Å². The number of hydrazine groups is 1. The van der Waals surface area contributed by atoms with Gasteiger partial charge in [0.25, 0.3) is 10.0 Å². The van der Waals surface area contributed by atoms with E-state index in [1.54, 1.807) is 13.0 Å². The lowest BCUT2D eigenvalue weighted by Gasteiger charge is -2.15. The van der Waals surface area contributed by atoms with Crippen LogP contribution in [-0.4, -0.2) is 32.7 Å². The Morgan fingerprint density at radius 1 is 1.56 bits per heavy atom. The zero-order valence-corrected chi connectivity index (χ0v) is 11.2. The van der Waals surface area contributed by atoms with Gasteiger partial charge in [-0.2, -0.15) is 0 Å². The highest BCUT2D eigenvalue weighted by Gasteiger charge is 2.22. The molecule has 7 nitrogen and oxygen atoms in total. The lowest BCUT2D eigenvalue weighted by atomic mass is 10.4. The van der Waals surface area contributed by atoms with Gasteiger partial charge in [-0.25, -0.2) is 18.1 Å². The number of ether oxygens (including phenoxy) is 1. The summed E-state index contributed by atoms with van der Waals surface area (Å²) in [6.45, 7) is 4.39. The minimum Gasteiger partial charge on any atom is -0.380 e. The van der Waals surface area contributed by atoms with Crippen LogP contribution in [-0.2, 0) is 14.8 Å². The Balaban J connectivity index is 2.86. The predicted octanol–water partition coefficient (Wildman–Crippen LogP) is 0.0705. The number of pyridine rings is 1. The molecule has 0 saturated heterocycles. The molecule has 0 aliphatic heterocycles. The zero-order valence-electron chi connectivity index (χ0n) is 10.4. The molecule has 1 atom stereocenters. The van der Waals surface area contributed by atoms with E-state index < -0.39 is 10.0 Å². The number of nitrogens with zero attached hydrogens (tertiary/aromatic N) is 1. The van der Waals surface area contributed by atoms with Crippen LogP contribution in [0.3, 0.4) is 0 Å². The van der Waals surface area contributed by atoms with Gasteiger partial charge in [0.2, 0.25) is 0 Å². The van der Waals surface area contributed by atoms with Crippen LogP contribution in [0.25, 0.3) is 0 Å². The van der Waals surface area contributed by atoms with Crippen LogP contribution in [0.4, 0.5) is 5.69 Å². The van der Waals surface area contributed by atoms with Gasteiger partial charge in [0, 0.05) is 18.8 Å². The highest BCUT2D eigenvalue weighted by molar-refractivity contribution is 7.89. The van der Waals surface area contributed by atoms with E-state index in [2.05, 4.69) is 15.1 Å². The normalized spacial score (nSPS) is 13.3. The van der Waals surface area contributed by atoms with E-state index in [1.165, 1.54) is 12.3 Å². The second kappa shape index (κ2) is 6.64. The Kier molecular flexibility index (Phi) is 5.48. The molecule has 0 amide bonds. The molecule has 18 heavy (non-hydrogen) atoms. The van der Waals surface area contributed by atoms with Crippen molar-refractivity contribution in [2.75, 3.05) is 18.6 Å². The topological polar surface area (TPSA) is 106 Å². The highest BCUT2D eigenvalue weighted by Crippen LogP contribution is 2.16. The standard InChI is InChI=1S/C10H18N4O3S/c1-3-17-7-8(2)14-18(15,16)10-9(13-11)5-4-6-12-10/h4-6,8,13-14H,3,7,11H2,1-2H3. The summed E-state index contributed by atoms with van der Waals surface area (Å²) in [4.78, 5) is 3.82. The van der Waals surface area contributed by atoms with Crippen molar-refractivity contribution in [1.29, 1.82) is 0 Å². The van der Waals surface area contributed by atoms with Gasteiger partial charge in [-0.05, 0) is 26.0 Å². The molecule has 1 aromatic rings. The largest absolute Gasteiger partial charge is 0.380 e. The third-order valence-electron chi connectivity index (χ3n) is 2.11. The number of rotatable bonds is 7. The second-order valence-electron chi connectivity index (χ2n) is 3.68. The fraction of sp³-hybridized carbons (Fsp3) is 0.500. The van der Waals surface area contributed by atoms with E-state index in [0.29, 0.717) is 13.2 Å². The van der Waals surface area contributed by atoms with Gasteiger partial charge in [-0.1, -0.05) is 0 Å². The van der Waals surface area contributed by atoms with E-state index in [4.69, 9.17) is 10.6 Å². The summed E-state index contributed by atoms with van der Waals surface area (Å²) in [6.07, 6.45) is 1.39. The van der Waals surface area contributed by atoms with Crippen molar-refractivity contribution in [1.82, 2.24) is 9.71 Å². The number of hydrogen-bond donors (Lipinski definition) is 3. The Bertz CT molecular complexity index is 478. The number of nitrogen functional groups attached to an aromatic ring is 1. The molecule has 0 saturated carbocycles. The Morgan fingerprint density at radius 3 is 2.89 bits per heavy atom. The number of nitrogens with two attached hydrogens (primary N) is 1. The van der Waals surface area contributed by atoms with E-state index in [0.717, 1.165) is 0 Å². The first-order valence-electron chi connectivity index (χ1n) is 5.53. The van der Waals surface area contributed by atoms with Crippen molar-refractivity contribution in [2.45, 2.75) is 24.9 Å². The fourth-order valence-corrected chi connectivity index (χ4v) is 2.69. The zero-order chi connectivity index (χ0) is 13.6. The van der Waals surface area contributed by atoms with Gasteiger partial charge in [-0.15, -0.1) is 0 Å². The minimum atomic E-state index is -3.72. The molecule has 0 aliphatic carbocycles.